The smallest absolute Gasteiger partial charge is 0.304 e. The normalized spacial score (nSPS) is 17.2. The second-order valence-electron chi connectivity index (χ2n) is 5.97. The highest BCUT2D eigenvalue weighted by molar-refractivity contribution is 5.66. The number of nitrogens with zero attached hydrogens (tertiary/aromatic N) is 2. The van der Waals surface area contributed by atoms with E-state index in [4.69, 9.17) is 9.84 Å². The van der Waals surface area contributed by atoms with Gasteiger partial charge in [-0.05, 0) is 24.7 Å². The molecule has 1 heterocycles. The third-order valence-electron chi connectivity index (χ3n) is 4.33. The molecule has 1 aliphatic rings. The molecule has 0 radical (unpaired) electrons. The van der Waals surface area contributed by atoms with Crippen molar-refractivity contribution in [1.82, 2.24) is 15.1 Å². The summed E-state index contributed by atoms with van der Waals surface area (Å²) in [6.45, 7) is 5.47. The van der Waals surface area contributed by atoms with E-state index in [0.29, 0.717) is 6.54 Å². The summed E-state index contributed by atoms with van der Waals surface area (Å²) in [7, 11) is 3.66. The number of carboxylic acids is 1. The Balaban J connectivity index is 2.12. The van der Waals surface area contributed by atoms with E-state index in [1.165, 1.54) is 0 Å². The van der Waals surface area contributed by atoms with Gasteiger partial charge in [-0.1, -0.05) is 12.1 Å². The van der Waals surface area contributed by atoms with Gasteiger partial charge in [0, 0.05) is 45.3 Å². The van der Waals surface area contributed by atoms with Gasteiger partial charge in [0.1, 0.15) is 5.75 Å². The fraction of sp³-hybridized carbons (Fsp3) is 0.588. The lowest BCUT2D eigenvalue weighted by atomic mass is 10.0. The molecule has 6 heteroatoms. The molecule has 0 amide bonds. The topological polar surface area (TPSA) is 65.0 Å². The van der Waals surface area contributed by atoms with Gasteiger partial charge in [0.05, 0.1) is 13.5 Å². The van der Waals surface area contributed by atoms with Crippen molar-refractivity contribution in [2.45, 2.75) is 12.5 Å². The van der Waals surface area contributed by atoms with E-state index in [-0.39, 0.29) is 12.5 Å². The number of nitrogens with one attached hydrogen (secondary N) is 1. The fourth-order valence-electron chi connectivity index (χ4n) is 2.91. The number of carbonyl (C=O) groups is 1. The van der Waals surface area contributed by atoms with E-state index in [9.17, 15) is 4.79 Å². The SMILES string of the molecule is COc1cccc(C(CN2CCNCC2)N(C)CCC(=O)O)c1. The lowest BCUT2D eigenvalue weighted by Gasteiger charge is -2.35. The minimum atomic E-state index is -0.761. The molecule has 0 spiro atoms. The second kappa shape index (κ2) is 8.86. The van der Waals surface area contributed by atoms with Crippen LogP contribution in [0.4, 0.5) is 0 Å². The fourth-order valence-corrected chi connectivity index (χ4v) is 2.91. The van der Waals surface area contributed by atoms with Crippen LogP contribution in [-0.2, 0) is 4.79 Å². The highest BCUT2D eigenvalue weighted by atomic mass is 16.5. The Hall–Kier alpha value is -1.63. The minimum absolute atomic E-state index is 0.151. The quantitative estimate of drug-likeness (QED) is 0.746. The Bertz CT molecular complexity index is 504. The number of hydrogen-bond acceptors (Lipinski definition) is 5. The zero-order chi connectivity index (χ0) is 16.7. The van der Waals surface area contributed by atoms with E-state index in [1.54, 1.807) is 7.11 Å². The first-order valence-electron chi connectivity index (χ1n) is 8.09. The summed E-state index contributed by atoms with van der Waals surface area (Å²) in [6.07, 6.45) is 0.151. The van der Waals surface area contributed by atoms with Crippen LogP contribution in [0.2, 0.25) is 0 Å². The van der Waals surface area contributed by atoms with Crippen LogP contribution in [0.1, 0.15) is 18.0 Å². The molecule has 1 aliphatic heterocycles. The summed E-state index contributed by atoms with van der Waals surface area (Å²) < 4.78 is 5.34. The largest absolute Gasteiger partial charge is 0.497 e. The zero-order valence-corrected chi connectivity index (χ0v) is 14.0. The van der Waals surface area contributed by atoms with Crippen molar-refractivity contribution in [3.8, 4) is 5.75 Å². The average molecular weight is 321 g/mol. The molecule has 128 valence electrons. The van der Waals surface area contributed by atoms with Crippen molar-refractivity contribution in [3.63, 3.8) is 0 Å². The van der Waals surface area contributed by atoms with Gasteiger partial charge in [0.25, 0.3) is 0 Å². The summed E-state index contributed by atoms with van der Waals surface area (Å²) in [5.74, 6) is 0.0721. The predicted molar refractivity (Wildman–Crippen MR) is 89.9 cm³/mol. The van der Waals surface area contributed by atoms with E-state index >= 15 is 0 Å². The Kier molecular flexibility index (Phi) is 6.83. The lowest BCUT2D eigenvalue weighted by Crippen LogP contribution is -2.47. The van der Waals surface area contributed by atoms with Gasteiger partial charge in [-0.25, -0.2) is 0 Å². The molecule has 1 saturated heterocycles. The van der Waals surface area contributed by atoms with Crippen molar-refractivity contribution in [3.05, 3.63) is 29.8 Å². The monoisotopic (exact) mass is 321 g/mol. The van der Waals surface area contributed by atoms with Gasteiger partial charge in [0.15, 0.2) is 0 Å². The maximum Gasteiger partial charge on any atom is 0.304 e. The standard InChI is InChI=1S/C17H27N3O3/c1-19(9-6-17(21)22)16(13-20-10-7-18-8-11-20)14-4-3-5-15(12-14)23-2/h3-5,12,16,18H,6-11,13H2,1-2H3,(H,21,22). The molecule has 0 saturated carbocycles. The highest BCUT2D eigenvalue weighted by Gasteiger charge is 2.22. The molecule has 6 nitrogen and oxygen atoms in total. The predicted octanol–water partition coefficient (Wildman–Crippen LogP) is 1.05. The van der Waals surface area contributed by atoms with E-state index in [1.807, 2.05) is 25.2 Å². The lowest BCUT2D eigenvalue weighted by molar-refractivity contribution is -0.137. The van der Waals surface area contributed by atoms with Crippen LogP contribution in [0.5, 0.6) is 5.75 Å². The van der Waals surface area contributed by atoms with Crippen molar-refractivity contribution in [1.29, 1.82) is 0 Å². The zero-order valence-electron chi connectivity index (χ0n) is 14.0. The number of carboxylic acid groups (broad SMARTS) is 1. The second-order valence-corrected chi connectivity index (χ2v) is 5.97. The molecule has 1 atom stereocenters. The summed E-state index contributed by atoms with van der Waals surface area (Å²) in [4.78, 5) is 15.4. The third kappa shape index (κ3) is 5.49. The van der Waals surface area contributed by atoms with Crippen LogP contribution in [0.25, 0.3) is 0 Å². The number of rotatable bonds is 8. The highest BCUT2D eigenvalue weighted by Crippen LogP contribution is 2.25. The Labute approximate surface area is 138 Å². The first kappa shape index (κ1) is 17.7. The molecule has 2 rings (SSSR count). The molecule has 1 aromatic rings. The molecule has 2 N–H and O–H groups in total. The molecular formula is C17H27N3O3. The number of piperazine rings is 1. The molecule has 1 unspecified atom stereocenters. The summed E-state index contributed by atoms with van der Waals surface area (Å²) in [6, 6.07) is 8.21. The average Bonchev–Trinajstić information content (AvgIpc) is 2.58. The maximum absolute atomic E-state index is 10.9. The van der Waals surface area contributed by atoms with Gasteiger partial charge in [0.2, 0.25) is 0 Å². The van der Waals surface area contributed by atoms with Gasteiger partial charge in [-0.2, -0.15) is 0 Å². The molecule has 0 bridgehead atoms. The molecule has 0 aromatic heterocycles. The number of likely N-dealkylation sites (N-methyl/N-ethyl adjacent to an activating group) is 1. The van der Waals surface area contributed by atoms with Crippen LogP contribution >= 0.6 is 0 Å². The van der Waals surface area contributed by atoms with Gasteiger partial charge in [-0.3, -0.25) is 14.6 Å². The van der Waals surface area contributed by atoms with Gasteiger partial charge >= 0.3 is 5.97 Å². The summed E-state index contributed by atoms with van der Waals surface area (Å²) >= 11 is 0. The number of aliphatic carboxylic acids is 1. The summed E-state index contributed by atoms with van der Waals surface area (Å²) in [5.41, 5.74) is 1.16. The number of benzene rings is 1. The number of methoxy groups -OCH3 is 1. The Morgan fingerprint density at radius 1 is 1.43 bits per heavy atom. The minimum Gasteiger partial charge on any atom is -0.497 e. The van der Waals surface area contributed by atoms with Crippen LogP contribution in [0, 0.1) is 0 Å². The van der Waals surface area contributed by atoms with Crippen LogP contribution < -0.4 is 10.1 Å². The Morgan fingerprint density at radius 2 is 2.17 bits per heavy atom. The first-order valence-corrected chi connectivity index (χ1v) is 8.09. The molecule has 1 fully saturated rings. The van der Waals surface area contributed by atoms with Crippen LogP contribution in [-0.4, -0.2) is 74.3 Å². The first-order chi connectivity index (χ1) is 11.1. The number of hydrogen-bond donors (Lipinski definition) is 2. The molecule has 1 aromatic carbocycles. The number of ether oxygens (including phenoxy) is 1. The third-order valence-corrected chi connectivity index (χ3v) is 4.33. The van der Waals surface area contributed by atoms with E-state index in [2.05, 4.69) is 21.2 Å². The van der Waals surface area contributed by atoms with Gasteiger partial charge in [-0.15, -0.1) is 0 Å². The maximum atomic E-state index is 10.9. The van der Waals surface area contributed by atoms with Crippen molar-refractivity contribution in [2.75, 3.05) is 53.4 Å². The van der Waals surface area contributed by atoms with Gasteiger partial charge < -0.3 is 15.2 Å². The van der Waals surface area contributed by atoms with Crippen molar-refractivity contribution < 1.29 is 14.6 Å². The van der Waals surface area contributed by atoms with Crippen LogP contribution in [0.15, 0.2) is 24.3 Å². The van der Waals surface area contributed by atoms with E-state index < -0.39 is 5.97 Å². The van der Waals surface area contributed by atoms with Crippen molar-refractivity contribution in [2.24, 2.45) is 0 Å². The molecular weight excluding hydrogens is 294 g/mol. The molecule has 0 aliphatic carbocycles. The van der Waals surface area contributed by atoms with Crippen molar-refractivity contribution >= 4 is 5.97 Å². The Morgan fingerprint density at radius 3 is 2.83 bits per heavy atom. The van der Waals surface area contributed by atoms with E-state index in [0.717, 1.165) is 44.0 Å². The van der Waals surface area contributed by atoms with Crippen LogP contribution in [0.3, 0.4) is 0 Å². The molecule has 23 heavy (non-hydrogen) atoms. The summed E-state index contributed by atoms with van der Waals surface area (Å²) in [5, 5.41) is 12.3.